The first-order valence-corrected chi connectivity index (χ1v) is 52.3. The Hall–Kier alpha value is -18.3. The van der Waals surface area contributed by atoms with E-state index in [-0.39, 0.29) is 0 Å². The highest BCUT2D eigenvalue weighted by Crippen LogP contribution is 2.46. The molecule has 674 valence electrons. The topological polar surface area (TPSA) is 22.9 Å². The molecule has 1 aromatic heterocycles. The molecule has 143 heavy (non-hydrogen) atoms. The van der Waals surface area contributed by atoms with Gasteiger partial charge in [0.2, 0.25) is 0 Å². The molecule has 0 unspecified atom stereocenters. The van der Waals surface area contributed by atoms with Crippen LogP contribution < -0.4 is 25.1 Å². The van der Waals surface area contributed by atoms with E-state index in [1.165, 1.54) is 175 Å². The van der Waals surface area contributed by atoms with Crippen molar-refractivity contribution in [2.45, 2.75) is 13.1 Å². The second-order valence-corrected chi connectivity index (χ2v) is 42.2. The van der Waals surface area contributed by atoms with Gasteiger partial charge < -0.3 is 19.1 Å². The lowest BCUT2D eigenvalue weighted by atomic mass is 9.99. The average Bonchev–Trinajstić information content (AvgIpc) is 1.58. The van der Waals surface area contributed by atoms with E-state index in [1.54, 1.807) is 0 Å². The van der Waals surface area contributed by atoms with Crippen molar-refractivity contribution in [2.24, 2.45) is 0 Å². The molecule has 1 aliphatic rings. The maximum Gasteiger partial charge on any atom is 0.137 e. The minimum atomic E-state index is -1.84. The van der Waals surface area contributed by atoms with Crippen LogP contribution in [0.2, 0.25) is 13.1 Å². The predicted molar refractivity (Wildman–Crippen MR) is 613 cm³/mol. The first-order valence-electron chi connectivity index (χ1n) is 49.3. The van der Waals surface area contributed by atoms with Crippen LogP contribution >= 0.6 is 0 Å². The molecule has 0 fully saturated rings. The van der Waals surface area contributed by atoms with Crippen molar-refractivity contribution in [3.63, 3.8) is 0 Å². The van der Waals surface area contributed by atoms with Crippen molar-refractivity contribution in [3.8, 4) is 89.0 Å². The highest BCUT2D eigenvalue weighted by Gasteiger charge is 2.38. The lowest BCUT2D eigenvalue weighted by Crippen LogP contribution is -2.49. The van der Waals surface area contributed by atoms with Crippen molar-refractivity contribution in [3.05, 3.63) is 552 Å². The highest BCUT2D eigenvalue weighted by molar-refractivity contribution is 7.03. The number of hydrogen-bond donors (Lipinski definition) is 0. The van der Waals surface area contributed by atoms with Crippen LogP contribution in [0.5, 0.6) is 0 Å². The third-order valence-corrected chi connectivity index (χ3v) is 32.5. The van der Waals surface area contributed by atoms with Gasteiger partial charge in [0.15, 0.2) is 0 Å². The van der Waals surface area contributed by atoms with Crippen LogP contribution in [0.15, 0.2) is 556 Å². The summed E-state index contributed by atoms with van der Waals surface area (Å²) in [4.78, 5) is 7.09. The molecular weight excluding hydrogens is 1740 g/mol. The Kier molecular flexibility index (Phi) is 22.5. The van der Waals surface area contributed by atoms with Crippen molar-refractivity contribution in [2.75, 3.05) is 14.7 Å². The van der Waals surface area contributed by atoms with Gasteiger partial charge >= 0.3 is 0 Å². The van der Waals surface area contributed by atoms with Crippen molar-refractivity contribution >= 4 is 167 Å². The molecular formula is C138H97N3OSi. The number of hydrogen-bond acceptors (Lipinski definition) is 4. The number of anilines is 9. The molecule has 0 amide bonds. The van der Waals surface area contributed by atoms with E-state index in [4.69, 9.17) is 4.42 Å². The minimum Gasteiger partial charge on any atom is -0.456 e. The molecule has 1 aliphatic heterocycles. The molecule has 0 saturated carbocycles. The third-order valence-electron chi connectivity index (χ3n) is 28.9. The molecule has 25 aromatic carbocycles. The van der Waals surface area contributed by atoms with Crippen molar-refractivity contribution in [1.82, 2.24) is 0 Å². The standard InChI is InChI=1S/C46H31NO.C46H35NSi.C46H31N/c1-3-9-32(10-4-1)35-17-22-40(23-18-35)47(41-24-19-36(20-25-41)33-11-5-2-6-12-33)42-26-28-44-43-27-21-39(30-45(43)48-46(44)31-42)38-16-15-34-13-7-8-14-37(34)29-38;1-48(2)45-14-8-7-13-43(45)44-28-27-42(31-46(44)48)47(40-23-19-34(20-24-40)38-17-15-32-9-3-5-11-36(32)29-38)41-25-21-35(22-26-41)39-18-16-33-10-4-6-12-37(33)30-39;1-3-10-37-29-39(16-13-32(37)7-1)34-19-23-42(24-20-34)47(44-27-28-46-41(31-44)18-15-36-9-5-6-12-45(36)46)43-25-21-35(22-26-43)40-17-14-33-8-2-4-11-38(33)30-40/h1-31H;3-31H,1-2H3;1-31H. The molecule has 0 N–H and O–H groups in total. The molecule has 0 radical (unpaired) electrons. The van der Waals surface area contributed by atoms with Gasteiger partial charge in [-0.3, -0.25) is 0 Å². The van der Waals surface area contributed by atoms with Gasteiger partial charge in [-0.2, -0.15) is 0 Å². The zero-order valence-electron chi connectivity index (χ0n) is 79.3. The second kappa shape index (κ2) is 37.2. The van der Waals surface area contributed by atoms with Crippen molar-refractivity contribution < 1.29 is 4.42 Å². The number of furan rings is 1. The van der Waals surface area contributed by atoms with Gasteiger partial charge in [-0.1, -0.05) is 407 Å². The summed E-state index contributed by atoms with van der Waals surface area (Å²) in [7, 11) is -1.84. The maximum absolute atomic E-state index is 6.59. The SMILES string of the molecule is C[Si]1(C)c2ccccc2-c2ccc(N(c3ccc(-c4ccc5ccccc5c4)cc3)c3ccc(-c4ccc5ccccc5c4)cc3)cc21.c1ccc(-c2ccc(N(c3ccc(-c4ccccc4)cc3)c3ccc4c(c3)oc3cc(-c5ccc6ccccc6c5)ccc34)cc2)cc1.c1ccc2cc(-c3ccc(N(c4ccc(-c5ccc6ccccc6c5)cc4)c4ccc5c(ccc6ccccc65)c4)cc3)ccc2c1. The van der Waals surface area contributed by atoms with Gasteiger partial charge in [0.05, 0.1) is 0 Å². The summed E-state index contributed by atoms with van der Waals surface area (Å²) in [5, 5.41) is 22.9. The quantitative estimate of drug-likeness (QED) is 0.0710. The molecule has 0 aliphatic carbocycles. The largest absolute Gasteiger partial charge is 0.456 e. The molecule has 26 aromatic rings. The van der Waals surface area contributed by atoms with Gasteiger partial charge in [0.1, 0.15) is 19.2 Å². The Labute approximate surface area is 834 Å². The summed E-state index contributed by atoms with van der Waals surface area (Å²) in [5.74, 6) is 0. The third kappa shape index (κ3) is 17.0. The minimum absolute atomic E-state index is 0.866. The summed E-state index contributed by atoms with van der Waals surface area (Å²) in [5.41, 5.74) is 31.5. The molecule has 2 heterocycles. The van der Waals surface area contributed by atoms with E-state index < -0.39 is 8.07 Å². The van der Waals surface area contributed by atoms with Crippen LogP contribution in [0.25, 0.3) is 186 Å². The first-order chi connectivity index (χ1) is 70.6. The van der Waals surface area contributed by atoms with Crippen LogP contribution in [-0.2, 0) is 0 Å². The molecule has 0 atom stereocenters. The Morgan fingerprint density at radius 1 is 0.140 bits per heavy atom. The molecule has 0 spiro atoms. The Morgan fingerprint density at radius 3 is 0.776 bits per heavy atom. The van der Waals surface area contributed by atoms with Crippen molar-refractivity contribution in [1.29, 1.82) is 0 Å². The Morgan fingerprint density at radius 2 is 0.378 bits per heavy atom. The fourth-order valence-electron chi connectivity index (χ4n) is 21.3. The lowest BCUT2D eigenvalue weighted by molar-refractivity contribution is 0.669. The normalized spacial score (nSPS) is 11.9. The van der Waals surface area contributed by atoms with Gasteiger partial charge in [-0.15, -0.1) is 0 Å². The van der Waals surface area contributed by atoms with Gasteiger partial charge in [0, 0.05) is 68.0 Å². The second-order valence-electron chi connectivity index (χ2n) is 37.9. The lowest BCUT2D eigenvalue weighted by Gasteiger charge is -2.28. The molecule has 5 heteroatoms. The van der Waals surface area contributed by atoms with Crippen LogP contribution in [0, 0.1) is 0 Å². The number of benzene rings is 25. The average molecular weight is 1840 g/mol. The zero-order chi connectivity index (χ0) is 95.3. The van der Waals surface area contributed by atoms with Crippen LogP contribution in [-0.4, -0.2) is 8.07 Å². The van der Waals surface area contributed by atoms with E-state index in [1.807, 2.05) is 0 Å². The molecule has 4 nitrogen and oxygen atoms in total. The van der Waals surface area contributed by atoms with E-state index in [0.717, 1.165) is 73.0 Å². The fraction of sp³-hybridized carbons (Fsp3) is 0.0145. The zero-order valence-corrected chi connectivity index (χ0v) is 80.3. The first kappa shape index (κ1) is 86.3. The monoisotopic (exact) mass is 1840 g/mol. The molecule has 0 bridgehead atoms. The highest BCUT2D eigenvalue weighted by atomic mass is 28.3. The number of fused-ring (bicyclic) bond motifs is 14. The predicted octanol–water partition coefficient (Wildman–Crippen LogP) is 37.9. The number of rotatable bonds is 16. The van der Waals surface area contributed by atoms with Crippen LogP contribution in [0.1, 0.15) is 0 Å². The summed E-state index contributed by atoms with van der Waals surface area (Å²) >= 11 is 0. The van der Waals surface area contributed by atoms with Crippen LogP contribution in [0.3, 0.4) is 0 Å². The Bertz CT molecular complexity index is 8950. The number of nitrogens with zero attached hydrogens (tertiary/aromatic N) is 3. The molecule has 0 saturated heterocycles. The summed E-state index contributed by atoms with van der Waals surface area (Å²) in [6.07, 6.45) is 0. The summed E-state index contributed by atoms with van der Waals surface area (Å²) in [6, 6.07) is 200. The van der Waals surface area contributed by atoms with Crippen LogP contribution in [0.4, 0.5) is 51.2 Å². The maximum atomic E-state index is 6.59. The molecule has 27 rings (SSSR count). The smallest absolute Gasteiger partial charge is 0.137 e. The summed E-state index contributed by atoms with van der Waals surface area (Å²) in [6.45, 7) is 4.98. The van der Waals surface area contributed by atoms with Gasteiger partial charge in [0.25, 0.3) is 0 Å². The van der Waals surface area contributed by atoms with E-state index in [0.29, 0.717) is 0 Å². The van der Waals surface area contributed by atoms with E-state index >= 15 is 0 Å². The Balaban J connectivity index is 0.000000113. The van der Waals surface area contributed by atoms with E-state index in [9.17, 15) is 0 Å². The fourth-order valence-corrected chi connectivity index (χ4v) is 24.4. The summed E-state index contributed by atoms with van der Waals surface area (Å²) < 4.78 is 6.59. The van der Waals surface area contributed by atoms with E-state index in [2.05, 4.69) is 580 Å². The van der Waals surface area contributed by atoms with Gasteiger partial charge in [-0.25, -0.2) is 0 Å². The van der Waals surface area contributed by atoms with Gasteiger partial charge in [-0.05, 0) is 326 Å².